The standard InChI is InChI=1S/C18H16ClFN2O4/c1-18(2)17(24)22(9-11-3-5-12(19)8-13(11)20)14-7-10(16(23)21-25)4-6-15(14)26-18/h3-8,25H,9H2,1-2H3,(H,21,23). The number of fused-ring (bicyclic) bond motifs is 1. The van der Waals surface area contributed by atoms with Crippen LogP contribution in [0.4, 0.5) is 10.1 Å². The first kappa shape index (κ1) is 18.2. The lowest BCUT2D eigenvalue weighted by Crippen LogP contribution is -2.52. The Morgan fingerprint density at radius 1 is 1.31 bits per heavy atom. The van der Waals surface area contributed by atoms with Gasteiger partial charge in [-0.25, -0.2) is 9.87 Å². The highest BCUT2D eigenvalue weighted by atomic mass is 35.5. The molecule has 0 spiro atoms. The molecule has 0 saturated carbocycles. The van der Waals surface area contributed by atoms with Gasteiger partial charge in [0.2, 0.25) is 0 Å². The van der Waals surface area contributed by atoms with Crippen LogP contribution in [0.5, 0.6) is 5.75 Å². The van der Waals surface area contributed by atoms with Crippen LogP contribution in [0.15, 0.2) is 36.4 Å². The molecule has 2 aromatic rings. The van der Waals surface area contributed by atoms with Gasteiger partial charge in [0.25, 0.3) is 11.8 Å². The Labute approximate surface area is 154 Å². The SMILES string of the molecule is CC1(C)Oc2ccc(C(=O)NO)cc2N(Cc2ccc(Cl)cc2F)C1=O. The van der Waals surface area contributed by atoms with Crippen molar-refractivity contribution in [3.8, 4) is 5.75 Å². The molecule has 0 saturated heterocycles. The molecule has 0 aliphatic carbocycles. The number of rotatable bonds is 3. The lowest BCUT2D eigenvalue weighted by molar-refractivity contribution is -0.132. The summed E-state index contributed by atoms with van der Waals surface area (Å²) in [6.45, 7) is 3.15. The highest BCUT2D eigenvalue weighted by Crippen LogP contribution is 2.39. The molecule has 0 atom stereocenters. The number of benzene rings is 2. The maximum atomic E-state index is 14.2. The van der Waals surface area contributed by atoms with Gasteiger partial charge in [-0.3, -0.25) is 14.8 Å². The van der Waals surface area contributed by atoms with E-state index in [1.54, 1.807) is 13.8 Å². The molecule has 2 N–H and O–H groups in total. The number of nitrogens with one attached hydrogen (secondary N) is 1. The van der Waals surface area contributed by atoms with Crippen molar-refractivity contribution in [2.45, 2.75) is 26.0 Å². The smallest absolute Gasteiger partial charge is 0.274 e. The van der Waals surface area contributed by atoms with Crippen LogP contribution in [-0.2, 0) is 11.3 Å². The second-order valence-corrected chi connectivity index (χ2v) is 6.80. The van der Waals surface area contributed by atoms with Gasteiger partial charge in [-0.05, 0) is 44.2 Å². The highest BCUT2D eigenvalue weighted by Gasteiger charge is 2.41. The van der Waals surface area contributed by atoms with Crippen LogP contribution < -0.4 is 15.1 Å². The normalized spacial score (nSPS) is 15.3. The van der Waals surface area contributed by atoms with Crippen molar-refractivity contribution >= 4 is 29.1 Å². The molecular formula is C18H16ClFN2O4. The average molecular weight is 379 g/mol. The molecule has 26 heavy (non-hydrogen) atoms. The Morgan fingerprint density at radius 3 is 2.69 bits per heavy atom. The first-order chi connectivity index (χ1) is 12.2. The molecule has 0 radical (unpaired) electrons. The molecule has 2 aromatic carbocycles. The maximum absolute atomic E-state index is 14.2. The van der Waals surface area contributed by atoms with Crippen LogP contribution in [0.2, 0.25) is 5.02 Å². The van der Waals surface area contributed by atoms with Crippen LogP contribution in [0.3, 0.4) is 0 Å². The third-order valence-electron chi connectivity index (χ3n) is 4.08. The van der Waals surface area contributed by atoms with Gasteiger partial charge in [-0.2, -0.15) is 0 Å². The molecular weight excluding hydrogens is 363 g/mol. The number of hydroxylamine groups is 1. The molecule has 1 aliphatic rings. The minimum absolute atomic E-state index is 0.0637. The predicted molar refractivity (Wildman–Crippen MR) is 93.0 cm³/mol. The Morgan fingerprint density at radius 2 is 2.04 bits per heavy atom. The number of carbonyl (C=O) groups excluding carboxylic acids is 2. The summed E-state index contributed by atoms with van der Waals surface area (Å²) < 4.78 is 19.9. The lowest BCUT2D eigenvalue weighted by atomic mass is 10.0. The van der Waals surface area contributed by atoms with Gasteiger partial charge in [-0.15, -0.1) is 0 Å². The highest BCUT2D eigenvalue weighted by molar-refractivity contribution is 6.30. The lowest BCUT2D eigenvalue weighted by Gasteiger charge is -2.39. The second kappa shape index (κ2) is 6.59. The van der Waals surface area contributed by atoms with Crippen molar-refractivity contribution in [3.05, 3.63) is 58.4 Å². The fourth-order valence-corrected chi connectivity index (χ4v) is 2.91. The summed E-state index contributed by atoms with van der Waals surface area (Å²) in [5, 5.41) is 9.07. The molecule has 0 aromatic heterocycles. The van der Waals surface area contributed by atoms with Crippen LogP contribution in [-0.4, -0.2) is 22.6 Å². The van der Waals surface area contributed by atoms with E-state index in [0.717, 1.165) is 0 Å². The summed E-state index contributed by atoms with van der Waals surface area (Å²) in [5.74, 6) is -1.29. The van der Waals surface area contributed by atoms with E-state index in [4.69, 9.17) is 21.5 Å². The average Bonchev–Trinajstić information content (AvgIpc) is 2.59. The van der Waals surface area contributed by atoms with Crippen molar-refractivity contribution in [2.24, 2.45) is 0 Å². The van der Waals surface area contributed by atoms with E-state index in [1.165, 1.54) is 46.8 Å². The molecule has 1 aliphatic heterocycles. The van der Waals surface area contributed by atoms with Gasteiger partial charge in [-0.1, -0.05) is 17.7 Å². The number of carbonyl (C=O) groups is 2. The Bertz CT molecular complexity index is 901. The van der Waals surface area contributed by atoms with Crippen LogP contribution in [0.1, 0.15) is 29.8 Å². The van der Waals surface area contributed by atoms with Crippen molar-refractivity contribution in [1.29, 1.82) is 0 Å². The summed E-state index contributed by atoms with van der Waals surface area (Å²) in [6.07, 6.45) is 0. The molecule has 3 rings (SSSR count). The first-order valence-electron chi connectivity index (χ1n) is 7.76. The number of nitrogens with zero attached hydrogens (tertiary/aromatic N) is 1. The Hall–Kier alpha value is -2.64. The van der Waals surface area contributed by atoms with Crippen molar-refractivity contribution in [1.82, 2.24) is 5.48 Å². The van der Waals surface area contributed by atoms with E-state index in [2.05, 4.69) is 0 Å². The zero-order chi connectivity index (χ0) is 19.1. The Balaban J connectivity index is 2.08. The fourth-order valence-electron chi connectivity index (χ4n) is 2.75. The van der Waals surface area contributed by atoms with Crippen molar-refractivity contribution in [3.63, 3.8) is 0 Å². The van der Waals surface area contributed by atoms with Crippen molar-refractivity contribution < 1.29 is 23.9 Å². The monoisotopic (exact) mass is 378 g/mol. The fraction of sp³-hybridized carbons (Fsp3) is 0.222. The molecule has 0 fully saturated rings. The molecule has 8 heteroatoms. The topological polar surface area (TPSA) is 78.9 Å². The van der Waals surface area contributed by atoms with E-state index >= 15 is 0 Å². The van der Waals surface area contributed by atoms with E-state index in [0.29, 0.717) is 11.4 Å². The number of hydrogen-bond donors (Lipinski definition) is 2. The minimum Gasteiger partial charge on any atom is -0.476 e. The van der Waals surface area contributed by atoms with E-state index < -0.39 is 17.3 Å². The largest absolute Gasteiger partial charge is 0.476 e. The van der Waals surface area contributed by atoms with Crippen LogP contribution in [0.25, 0.3) is 0 Å². The van der Waals surface area contributed by atoms with Gasteiger partial charge < -0.3 is 9.64 Å². The van der Waals surface area contributed by atoms with Gasteiger partial charge in [0, 0.05) is 16.1 Å². The predicted octanol–water partition coefficient (Wildman–Crippen LogP) is 3.30. The summed E-state index contributed by atoms with van der Waals surface area (Å²) in [4.78, 5) is 25.9. The number of amides is 2. The van der Waals surface area contributed by atoms with Crippen LogP contribution >= 0.6 is 11.6 Å². The Kier molecular flexibility index (Phi) is 4.60. The number of anilines is 1. The van der Waals surface area contributed by atoms with E-state index in [1.807, 2.05) is 0 Å². The van der Waals surface area contributed by atoms with Crippen LogP contribution in [0, 0.1) is 5.82 Å². The number of hydrogen-bond acceptors (Lipinski definition) is 4. The van der Waals surface area contributed by atoms with Gasteiger partial charge >= 0.3 is 0 Å². The molecule has 1 heterocycles. The van der Waals surface area contributed by atoms with Crippen molar-refractivity contribution in [2.75, 3.05) is 4.90 Å². The van der Waals surface area contributed by atoms with E-state index in [-0.39, 0.29) is 28.6 Å². The second-order valence-electron chi connectivity index (χ2n) is 6.36. The molecule has 2 amide bonds. The minimum atomic E-state index is -1.16. The quantitative estimate of drug-likeness (QED) is 0.634. The molecule has 136 valence electrons. The third-order valence-corrected chi connectivity index (χ3v) is 4.32. The summed E-state index contributed by atoms with van der Waals surface area (Å²) in [5.41, 5.74) is 1.09. The van der Waals surface area contributed by atoms with Gasteiger partial charge in [0.15, 0.2) is 5.60 Å². The zero-order valence-electron chi connectivity index (χ0n) is 14.0. The molecule has 0 unspecified atom stereocenters. The van der Waals surface area contributed by atoms with Gasteiger partial charge in [0.1, 0.15) is 11.6 Å². The third kappa shape index (κ3) is 3.23. The summed E-state index contributed by atoms with van der Waals surface area (Å²) in [7, 11) is 0. The zero-order valence-corrected chi connectivity index (χ0v) is 14.8. The number of halogens is 2. The summed E-state index contributed by atoms with van der Waals surface area (Å²) in [6, 6.07) is 8.59. The molecule has 6 nitrogen and oxygen atoms in total. The van der Waals surface area contributed by atoms with Gasteiger partial charge in [0.05, 0.1) is 12.2 Å². The number of ether oxygens (including phenoxy) is 1. The first-order valence-corrected chi connectivity index (χ1v) is 8.14. The summed E-state index contributed by atoms with van der Waals surface area (Å²) >= 11 is 5.78. The van der Waals surface area contributed by atoms with E-state index in [9.17, 15) is 14.0 Å². The molecule has 0 bridgehead atoms. The maximum Gasteiger partial charge on any atom is 0.274 e.